The Hall–Kier alpha value is -3.26. The molecular weight excluding hydrogens is 314 g/mol. The molecule has 0 spiro atoms. The zero-order valence-electron chi connectivity index (χ0n) is 14.0. The number of rotatable bonds is 5. The van der Waals surface area contributed by atoms with Crippen LogP contribution < -0.4 is 11.0 Å². The summed E-state index contributed by atoms with van der Waals surface area (Å²) in [7, 11) is 0. The third kappa shape index (κ3) is 3.33. The average Bonchev–Trinajstić information content (AvgIpc) is 2.91. The number of hydrogen-bond donors (Lipinski definition) is 1. The van der Waals surface area contributed by atoms with Crippen molar-refractivity contribution in [2.24, 2.45) is 0 Å². The van der Waals surface area contributed by atoms with Crippen LogP contribution >= 0.6 is 0 Å². The zero-order chi connectivity index (χ0) is 17.8. The lowest BCUT2D eigenvalue weighted by atomic mass is 10.2. The van der Waals surface area contributed by atoms with Gasteiger partial charge in [-0.15, -0.1) is 6.42 Å². The smallest absolute Gasteiger partial charge is 0.326 e. The van der Waals surface area contributed by atoms with Crippen molar-refractivity contribution < 1.29 is 4.79 Å². The molecule has 0 unspecified atom stereocenters. The van der Waals surface area contributed by atoms with Crippen molar-refractivity contribution in [3.05, 3.63) is 64.6 Å². The van der Waals surface area contributed by atoms with Gasteiger partial charge in [-0.05, 0) is 37.3 Å². The van der Waals surface area contributed by atoms with Crippen molar-refractivity contribution in [1.29, 1.82) is 0 Å². The van der Waals surface area contributed by atoms with Crippen LogP contribution in [0.1, 0.15) is 18.9 Å². The Kier molecular flexibility index (Phi) is 4.71. The first-order chi connectivity index (χ1) is 12.1. The van der Waals surface area contributed by atoms with Crippen LogP contribution in [0.5, 0.6) is 0 Å². The third-order valence-electron chi connectivity index (χ3n) is 4.12. The highest BCUT2D eigenvalue weighted by Gasteiger charge is 2.12. The molecule has 1 heterocycles. The molecule has 25 heavy (non-hydrogen) atoms. The molecule has 0 aliphatic rings. The quantitative estimate of drug-likeness (QED) is 0.730. The van der Waals surface area contributed by atoms with Gasteiger partial charge in [-0.2, -0.15) is 0 Å². The van der Waals surface area contributed by atoms with Crippen molar-refractivity contribution in [1.82, 2.24) is 9.13 Å². The van der Waals surface area contributed by atoms with Gasteiger partial charge in [0.1, 0.15) is 0 Å². The Morgan fingerprint density at radius 3 is 2.52 bits per heavy atom. The van der Waals surface area contributed by atoms with Crippen molar-refractivity contribution >= 4 is 22.6 Å². The number of nitrogens with one attached hydrogen (secondary N) is 1. The van der Waals surface area contributed by atoms with Gasteiger partial charge in [0, 0.05) is 30.8 Å². The number of anilines is 1. The van der Waals surface area contributed by atoms with E-state index in [4.69, 9.17) is 6.42 Å². The van der Waals surface area contributed by atoms with Crippen molar-refractivity contribution in [3.63, 3.8) is 0 Å². The molecule has 1 aromatic heterocycles. The highest BCUT2D eigenvalue weighted by Crippen LogP contribution is 2.14. The molecule has 1 amide bonds. The maximum atomic E-state index is 12.5. The van der Waals surface area contributed by atoms with E-state index in [1.165, 1.54) is 0 Å². The van der Waals surface area contributed by atoms with E-state index in [2.05, 4.69) is 11.2 Å². The van der Waals surface area contributed by atoms with E-state index in [1.807, 2.05) is 31.2 Å². The molecule has 2 aromatic carbocycles. The van der Waals surface area contributed by atoms with Gasteiger partial charge in [0.15, 0.2) is 0 Å². The SMILES string of the molecule is C#Cc1cccc(NC(=O)CCn2c(=O)n(CC)c3ccccc32)c1. The lowest BCUT2D eigenvalue weighted by Gasteiger charge is -2.06. The zero-order valence-corrected chi connectivity index (χ0v) is 14.0. The van der Waals surface area contributed by atoms with Crippen molar-refractivity contribution in [2.75, 3.05) is 5.32 Å². The number of hydrogen-bond acceptors (Lipinski definition) is 2. The first-order valence-electron chi connectivity index (χ1n) is 8.18. The summed E-state index contributed by atoms with van der Waals surface area (Å²) in [5.41, 5.74) is 3.00. The number of aryl methyl sites for hydroxylation is 2. The van der Waals surface area contributed by atoms with Gasteiger partial charge >= 0.3 is 5.69 Å². The van der Waals surface area contributed by atoms with Crippen LogP contribution in [0, 0.1) is 12.3 Å². The van der Waals surface area contributed by atoms with Gasteiger partial charge in [-0.3, -0.25) is 13.9 Å². The van der Waals surface area contributed by atoms with Gasteiger partial charge in [0.05, 0.1) is 11.0 Å². The lowest BCUT2D eigenvalue weighted by molar-refractivity contribution is -0.116. The van der Waals surface area contributed by atoms with Gasteiger partial charge in [-0.1, -0.05) is 24.1 Å². The standard InChI is InChI=1S/C20H19N3O2/c1-3-15-8-7-9-16(14-15)21-19(24)12-13-23-18-11-6-5-10-17(18)22(4-2)20(23)25/h1,5-11,14H,4,12-13H2,2H3,(H,21,24). The van der Waals surface area contributed by atoms with E-state index in [9.17, 15) is 9.59 Å². The summed E-state index contributed by atoms with van der Waals surface area (Å²) in [5.74, 6) is 2.38. The number of carbonyl (C=O) groups excluding carboxylic acids is 1. The van der Waals surface area contributed by atoms with E-state index in [0.717, 1.165) is 11.0 Å². The van der Waals surface area contributed by atoms with E-state index in [1.54, 1.807) is 33.4 Å². The molecule has 5 heteroatoms. The van der Waals surface area contributed by atoms with Gasteiger partial charge < -0.3 is 5.32 Å². The minimum Gasteiger partial charge on any atom is -0.326 e. The lowest BCUT2D eigenvalue weighted by Crippen LogP contribution is -2.25. The molecule has 0 aliphatic heterocycles. The Labute approximate surface area is 145 Å². The van der Waals surface area contributed by atoms with Crippen LogP contribution in [0.3, 0.4) is 0 Å². The minimum atomic E-state index is -0.158. The molecule has 1 N–H and O–H groups in total. The molecule has 0 fully saturated rings. The molecule has 0 bridgehead atoms. The second-order valence-electron chi connectivity index (χ2n) is 5.69. The maximum Gasteiger partial charge on any atom is 0.329 e. The van der Waals surface area contributed by atoms with Crippen LogP contribution in [0.4, 0.5) is 5.69 Å². The first kappa shape index (κ1) is 16.6. The van der Waals surface area contributed by atoms with Crippen molar-refractivity contribution in [2.45, 2.75) is 26.4 Å². The van der Waals surface area contributed by atoms with E-state index < -0.39 is 0 Å². The molecule has 0 aliphatic carbocycles. The number of nitrogens with zero attached hydrogens (tertiary/aromatic N) is 2. The fourth-order valence-electron chi connectivity index (χ4n) is 2.92. The highest BCUT2D eigenvalue weighted by molar-refractivity contribution is 5.91. The summed E-state index contributed by atoms with van der Waals surface area (Å²) in [5, 5.41) is 2.82. The van der Waals surface area contributed by atoms with E-state index in [-0.39, 0.29) is 18.0 Å². The van der Waals surface area contributed by atoms with Crippen molar-refractivity contribution in [3.8, 4) is 12.3 Å². The molecule has 0 atom stereocenters. The average molecular weight is 333 g/mol. The molecule has 3 aromatic rings. The summed E-state index contributed by atoms with van der Waals surface area (Å²) in [6, 6.07) is 14.7. The predicted molar refractivity (Wildman–Crippen MR) is 99.5 cm³/mol. The van der Waals surface area contributed by atoms with Gasteiger partial charge in [0.2, 0.25) is 5.91 Å². The third-order valence-corrected chi connectivity index (χ3v) is 4.12. The topological polar surface area (TPSA) is 56.0 Å². The number of fused-ring (bicyclic) bond motifs is 1. The van der Waals surface area contributed by atoms with E-state index >= 15 is 0 Å². The van der Waals surface area contributed by atoms with E-state index in [0.29, 0.717) is 24.3 Å². The number of aromatic nitrogens is 2. The van der Waals surface area contributed by atoms with Crippen LogP contribution in [-0.4, -0.2) is 15.0 Å². The van der Waals surface area contributed by atoms with Crippen LogP contribution in [-0.2, 0) is 17.9 Å². The first-order valence-corrected chi connectivity index (χ1v) is 8.18. The monoisotopic (exact) mass is 333 g/mol. The molecule has 0 saturated carbocycles. The number of imidazole rings is 1. The Morgan fingerprint density at radius 1 is 1.12 bits per heavy atom. The Morgan fingerprint density at radius 2 is 1.84 bits per heavy atom. The fraction of sp³-hybridized carbons (Fsp3) is 0.200. The van der Waals surface area contributed by atoms with Gasteiger partial charge in [0.25, 0.3) is 0 Å². The number of terminal acetylenes is 1. The number of carbonyl (C=O) groups is 1. The summed E-state index contributed by atoms with van der Waals surface area (Å²) in [6.45, 7) is 2.85. The fourth-order valence-corrected chi connectivity index (χ4v) is 2.92. The Bertz CT molecular complexity index is 1020. The molecule has 5 nitrogen and oxygen atoms in total. The highest BCUT2D eigenvalue weighted by atomic mass is 16.2. The number of amides is 1. The molecule has 0 saturated heterocycles. The number of benzene rings is 2. The number of para-hydroxylation sites is 2. The molecule has 126 valence electrons. The summed E-state index contributed by atoms with van der Waals surface area (Å²) in [4.78, 5) is 24.8. The summed E-state index contributed by atoms with van der Waals surface area (Å²) >= 11 is 0. The second kappa shape index (κ2) is 7.10. The molecule has 3 rings (SSSR count). The summed E-state index contributed by atoms with van der Waals surface area (Å²) in [6.07, 6.45) is 5.57. The second-order valence-corrected chi connectivity index (χ2v) is 5.69. The maximum absolute atomic E-state index is 12.5. The van der Waals surface area contributed by atoms with Crippen LogP contribution in [0.25, 0.3) is 11.0 Å². The Balaban J connectivity index is 1.76. The largest absolute Gasteiger partial charge is 0.329 e. The van der Waals surface area contributed by atoms with Crippen LogP contribution in [0.2, 0.25) is 0 Å². The predicted octanol–water partition coefficient (Wildman–Crippen LogP) is 2.83. The molecule has 0 radical (unpaired) electrons. The molecular formula is C20H19N3O2. The normalized spacial score (nSPS) is 10.6. The summed E-state index contributed by atoms with van der Waals surface area (Å²) < 4.78 is 3.36. The van der Waals surface area contributed by atoms with Crippen LogP contribution in [0.15, 0.2) is 53.3 Å². The van der Waals surface area contributed by atoms with Gasteiger partial charge in [-0.25, -0.2) is 4.79 Å². The minimum absolute atomic E-state index is 0.0918.